The number of hydrogen-bond donors (Lipinski definition) is 1. The number of imide groups is 1. The number of pyridine rings is 1. The number of hydrogen-bond acceptors (Lipinski definition) is 4. The molecule has 3 aromatic rings. The van der Waals surface area contributed by atoms with Gasteiger partial charge in [0.1, 0.15) is 0 Å². The standard InChI is InChI=1S/C21H14F3N3O3/c22-21(23,24)13-3-6-15-16(9-10-25-17(15)11-13)26-20(30)12-1-4-14(5-2-12)27-18(28)7-8-19(27)29/h1-6,9-11H,7-8H2,(H,25,26,30). The van der Waals surface area contributed by atoms with Gasteiger partial charge >= 0.3 is 6.18 Å². The third-order valence-electron chi connectivity index (χ3n) is 4.76. The van der Waals surface area contributed by atoms with Crippen LogP contribution >= 0.6 is 0 Å². The van der Waals surface area contributed by atoms with Crippen molar-refractivity contribution in [2.24, 2.45) is 0 Å². The number of halogens is 3. The fourth-order valence-electron chi connectivity index (χ4n) is 3.25. The maximum Gasteiger partial charge on any atom is 0.416 e. The zero-order valence-corrected chi connectivity index (χ0v) is 15.4. The minimum atomic E-state index is -4.49. The summed E-state index contributed by atoms with van der Waals surface area (Å²) in [5.41, 5.74) is 0.229. The fraction of sp³-hybridized carbons (Fsp3) is 0.143. The number of benzene rings is 2. The van der Waals surface area contributed by atoms with Crippen LogP contribution < -0.4 is 10.2 Å². The van der Waals surface area contributed by atoms with E-state index in [9.17, 15) is 27.6 Å². The summed E-state index contributed by atoms with van der Waals surface area (Å²) >= 11 is 0. The van der Waals surface area contributed by atoms with E-state index in [0.29, 0.717) is 16.8 Å². The van der Waals surface area contributed by atoms with E-state index in [1.54, 1.807) is 0 Å². The highest BCUT2D eigenvalue weighted by atomic mass is 19.4. The number of nitrogens with one attached hydrogen (secondary N) is 1. The number of amides is 3. The van der Waals surface area contributed by atoms with Gasteiger partial charge in [-0.3, -0.25) is 24.3 Å². The summed E-state index contributed by atoms with van der Waals surface area (Å²) in [6, 6.07) is 10.5. The molecule has 1 aliphatic rings. The Morgan fingerprint density at radius 2 is 1.63 bits per heavy atom. The van der Waals surface area contributed by atoms with Crippen molar-refractivity contribution in [1.82, 2.24) is 4.98 Å². The first kappa shape index (κ1) is 19.6. The minimum absolute atomic E-state index is 0.101. The molecule has 1 aliphatic heterocycles. The molecule has 30 heavy (non-hydrogen) atoms. The van der Waals surface area contributed by atoms with Gasteiger partial charge in [0.25, 0.3) is 5.91 Å². The lowest BCUT2D eigenvalue weighted by Crippen LogP contribution is -2.28. The molecular weight excluding hydrogens is 399 g/mol. The number of carbonyl (C=O) groups excluding carboxylic acids is 3. The van der Waals surface area contributed by atoms with Gasteiger partial charge < -0.3 is 5.32 Å². The van der Waals surface area contributed by atoms with Crippen LogP contribution in [0.2, 0.25) is 0 Å². The van der Waals surface area contributed by atoms with Gasteiger partial charge in [0.2, 0.25) is 11.8 Å². The van der Waals surface area contributed by atoms with Gasteiger partial charge in [-0.05, 0) is 42.5 Å². The molecule has 0 bridgehead atoms. The lowest BCUT2D eigenvalue weighted by Gasteiger charge is -2.14. The molecular formula is C21H14F3N3O3. The van der Waals surface area contributed by atoms with E-state index in [1.807, 2.05) is 0 Å². The Morgan fingerprint density at radius 3 is 2.27 bits per heavy atom. The lowest BCUT2D eigenvalue weighted by molar-refractivity contribution is -0.137. The number of anilines is 2. The summed E-state index contributed by atoms with van der Waals surface area (Å²) in [6.07, 6.45) is -2.86. The third kappa shape index (κ3) is 3.61. The number of rotatable bonds is 3. The smallest absolute Gasteiger partial charge is 0.321 e. The van der Waals surface area contributed by atoms with Gasteiger partial charge in [0, 0.05) is 30.0 Å². The highest BCUT2D eigenvalue weighted by Crippen LogP contribution is 2.32. The van der Waals surface area contributed by atoms with E-state index in [0.717, 1.165) is 17.0 Å². The van der Waals surface area contributed by atoms with Crippen LogP contribution in [-0.4, -0.2) is 22.7 Å². The van der Waals surface area contributed by atoms with Crippen molar-refractivity contribution >= 4 is 40.0 Å². The minimum Gasteiger partial charge on any atom is -0.321 e. The maximum atomic E-state index is 12.9. The van der Waals surface area contributed by atoms with Gasteiger partial charge in [0.05, 0.1) is 22.5 Å². The van der Waals surface area contributed by atoms with Gasteiger partial charge in [-0.15, -0.1) is 0 Å². The summed E-state index contributed by atoms with van der Waals surface area (Å²) in [7, 11) is 0. The van der Waals surface area contributed by atoms with Crippen molar-refractivity contribution in [3.05, 3.63) is 65.9 Å². The molecule has 2 aromatic carbocycles. The fourth-order valence-corrected chi connectivity index (χ4v) is 3.25. The number of fused-ring (bicyclic) bond motifs is 1. The van der Waals surface area contributed by atoms with E-state index in [2.05, 4.69) is 10.3 Å². The summed E-state index contributed by atoms with van der Waals surface area (Å²) in [5.74, 6) is -1.08. The maximum absolute atomic E-state index is 12.9. The van der Waals surface area contributed by atoms with Crippen LogP contribution in [0.3, 0.4) is 0 Å². The van der Waals surface area contributed by atoms with E-state index in [4.69, 9.17) is 0 Å². The molecule has 1 aromatic heterocycles. The van der Waals surface area contributed by atoms with Crippen LogP contribution in [0.5, 0.6) is 0 Å². The summed E-state index contributed by atoms with van der Waals surface area (Å²) in [5, 5.41) is 3.02. The topological polar surface area (TPSA) is 79.4 Å². The SMILES string of the molecule is O=C(Nc1ccnc2cc(C(F)(F)F)ccc12)c1ccc(N2C(=O)CCC2=O)cc1. The lowest BCUT2D eigenvalue weighted by atomic mass is 10.1. The van der Waals surface area contributed by atoms with Crippen LogP contribution in [-0.2, 0) is 15.8 Å². The molecule has 1 N–H and O–H groups in total. The van der Waals surface area contributed by atoms with Gasteiger partial charge in [-0.1, -0.05) is 6.07 Å². The van der Waals surface area contributed by atoms with E-state index < -0.39 is 17.6 Å². The van der Waals surface area contributed by atoms with Gasteiger partial charge in [0.15, 0.2) is 0 Å². The molecule has 1 fully saturated rings. The van der Waals surface area contributed by atoms with E-state index in [-0.39, 0.29) is 35.7 Å². The average Bonchev–Trinajstić information content (AvgIpc) is 3.05. The molecule has 0 atom stereocenters. The zero-order chi connectivity index (χ0) is 21.5. The Morgan fingerprint density at radius 1 is 0.967 bits per heavy atom. The quantitative estimate of drug-likeness (QED) is 0.654. The molecule has 0 radical (unpaired) electrons. The average molecular weight is 413 g/mol. The Kier molecular flexibility index (Phi) is 4.73. The van der Waals surface area contributed by atoms with Gasteiger partial charge in [-0.25, -0.2) is 0 Å². The van der Waals surface area contributed by atoms with Crippen LogP contribution in [0.4, 0.5) is 24.5 Å². The molecule has 1 saturated heterocycles. The Labute approximate surface area is 168 Å². The molecule has 3 amide bonds. The summed E-state index contributed by atoms with van der Waals surface area (Å²) < 4.78 is 38.7. The highest BCUT2D eigenvalue weighted by Gasteiger charge is 2.31. The van der Waals surface area contributed by atoms with Crippen molar-refractivity contribution in [3.8, 4) is 0 Å². The molecule has 152 valence electrons. The zero-order valence-electron chi connectivity index (χ0n) is 15.4. The Balaban J connectivity index is 1.57. The predicted molar refractivity (Wildman–Crippen MR) is 103 cm³/mol. The van der Waals surface area contributed by atoms with Crippen molar-refractivity contribution in [2.45, 2.75) is 19.0 Å². The van der Waals surface area contributed by atoms with Crippen molar-refractivity contribution in [1.29, 1.82) is 0 Å². The normalized spacial score (nSPS) is 14.4. The Bertz CT molecular complexity index is 1160. The number of aromatic nitrogens is 1. The highest BCUT2D eigenvalue weighted by molar-refractivity contribution is 6.20. The van der Waals surface area contributed by atoms with Crippen molar-refractivity contribution in [2.75, 3.05) is 10.2 Å². The first-order chi connectivity index (χ1) is 14.2. The monoisotopic (exact) mass is 413 g/mol. The van der Waals surface area contributed by atoms with Crippen LogP contribution in [0.1, 0.15) is 28.8 Å². The Hall–Kier alpha value is -3.75. The molecule has 0 saturated carbocycles. The molecule has 0 spiro atoms. The second-order valence-corrected chi connectivity index (χ2v) is 6.71. The molecule has 4 rings (SSSR count). The summed E-state index contributed by atoms with van der Waals surface area (Å²) in [6.45, 7) is 0. The van der Waals surface area contributed by atoms with E-state index >= 15 is 0 Å². The molecule has 0 aliphatic carbocycles. The van der Waals surface area contributed by atoms with Crippen LogP contribution in [0.25, 0.3) is 10.9 Å². The van der Waals surface area contributed by atoms with Gasteiger partial charge in [-0.2, -0.15) is 13.2 Å². The third-order valence-corrected chi connectivity index (χ3v) is 4.76. The molecule has 9 heteroatoms. The second-order valence-electron chi connectivity index (χ2n) is 6.71. The first-order valence-electron chi connectivity index (χ1n) is 8.97. The molecule has 0 unspecified atom stereocenters. The predicted octanol–water partition coefficient (Wildman–Crippen LogP) is 4.16. The van der Waals surface area contributed by atoms with Crippen LogP contribution in [0.15, 0.2) is 54.7 Å². The van der Waals surface area contributed by atoms with Crippen molar-refractivity contribution in [3.63, 3.8) is 0 Å². The van der Waals surface area contributed by atoms with Crippen LogP contribution in [0, 0.1) is 0 Å². The molecule has 2 heterocycles. The number of nitrogens with zero attached hydrogens (tertiary/aromatic N) is 2. The van der Waals surface area contributed by atoms with E-state index in [1.165, 1.54) is 42.6 Å². The number of carbonyl (C=O) groups is 3. The largest absolute Gasteiger partial charge is 0.416 e. The first-order valence-corrected chi connectivity index (χ1v) is 8.97. The summed E-state index contributed by atoms with van der Waals surface area (Å²) in [4.78, 5) is 41.2. The number of alkyl halides is 3. The molecule has 6 nitrogen and oxygen atoms in total. The van der Waals surface area contributed by atoms with Crippen molar-refractivity contribution < 1.29 is 27.6 Å². The second kappa shape index (κ2) is 7.25.